The van der Waals surface area contributed by atoms with E-state index in [1.807, 2.05) is 0 Å². The molecule has 0 radical (unpaired) electrons. The SMILES string of the molecule is CN1C(=O)C2C3CC(C4CC=CCC43)C2C1=O. The van der Waals surface area contributed by atoms with Gasteiger partial charge in [0.2, 0.25) is 11.8 Å². The molecule has 2 bridgehead atoms. The summed E-state index contributed by atoms with van der Waals surface area (Å²) in [6, 6.07) is 0. The number of hydrogen-bond acceptors (Lipinski definition) is 2. The second kappa shape index (κ2) is 3.01. The molecule has 6 atom stereocenters. The van der Waals surface area contributed by atoms with E-state index in [-0.39, 0.29) is 23.7 Å². The molecule has 0 aromatic carbocycles. The Labute approximate surface area is 101 Å². The predicted octanol–water partition coefficient (Wildman–Crippen LogP) is 1.45. The molecule has 1 aliphatic heterocycles. The fourth-order valence-corrected chi connectivity index (χ4v) is 5.09. The van der Waals surface area contributed by atoms with Crippen molar-refractivity contribution in [3.63, 3.8) is 0 Å². The Hall–Kier alpha value is -1.12. The fraction of sp³-hybridized carbons (Fsp3) is 0.714. The third kappa shape index (κ3) is 0.992. The third-order valence-corrected chi connectivity index (χ3v) is 5.72. The highest BCUT2D eigenvalue weighted by atomic mass is 16.2. The lowest BCUT2D eigenvalue weighted by Crippen LogP contribution is -2.37. The van der Waals surface area contributed by atoms with Gasteiger partial charge in [-0.1, -0.05) is 12.2 Å². The molecule has 0 spiro atoms. The minimum absolute atomic E-state index is 0.0326. The van der Waals surface area contributed by atoms with Gasteiger partial charge in [-0.15, -0.1) is 0 Å². The quantitative estimate of drug-likeness (QED) is 0.467. The van der Waals surface area contributed by atoms with E-state index in [1.165, 1.54) is 4.90 Å². The Bertz CT molecular complexity index is 404. The summed E-state index contributed by atoms with van der Waals surface area (Å²) in [5.74, 6) is 2.59. The van der Waals surface area contributed by atoms with Crippen LogP contribution >= 0.6 is 0 Å². The van der Waals surface area contributed by atoms with Gasteiger partial charge in [0.15, 0.2) is 0 Å². The van der Waals surface area contributed by atoms with Crippen LogP contribution in [-0.4, -0.2) is 23.8 Å². The number of fused-ring (bicyclic) bond motifs is 8. The minimum atomic E-state index is 0.0326. The number of imide groups is 1. The number of amides is 2. The van der Waals surface area contributed by atoms with Crippen molar-refractivity contribution in [2.75, 3.05) is 7.05 Å². The van der Waals surface area contributed by atoms with Crippen LogP contribution in [0.5, 0.6) is 0 Å². The molecule has 3 aliphatic carbocycles. The number of nitrogens with zero attached hydrogens (tertiary/aromatic N) is 1. The molecule has 2 amide bonds. The zero-order chi connectivity index (χ0) is 11.7. The lowest BCUT2D eigenvalue weighted by Gasteiger charge is -2.37. The molecule has 0 aromatic heterocycles. The van der Waals surface area contributed by atoms with Crippen LogP contribution in [0.4, 0.5) is 0 Å². The van der Waals surface area contributed by atoms with Gasteiger partial charge in [-0.05, 0) is 42.9 Å². The van der Waals surface area contributed by atoms with Gasteiger partial charge in [0.05, 0.1) is 11.8 Å². The molecule has 4 aliphatic rings. The van der Waals surface area contributed by atoms with Gasteiger partial charge < -0.3 is 0 Å². The largest absolute Gasteiger partial charge is 0.285 e. The molecule has 0 aromatic rings. The van der Waals surface area contributed by atoms with Crippen LogP contribution in [0.3, 0.4) is 0 Å². The zero-order valence-corrected chi connectivity index (χ0v) is 10.0. The van der Waals surface area contributed by atoms with E-state index in [4.69, 9.17) is 0 Å². The summed E-state index contributed by atoms with van der Waals surface area (Å²) in [7, 11) is 1.66. The first kappa shape index (κ1) is 9.86. The zero-order valence-electron chi connectivity index (χ0n) is 10.0. The van der Waals surface area contributed by atoms with Crippen LogP contribution in [0.15, 0.2) is 12.2 Å². The molecule has 6 unspecified atom stereocenters. The van der Waals surface area contributed by atoms with E-state index in [0.717, 1.165) is 19.3 Å². The van der Waals surface area contributed by atoms with Crippen molar-refractivity contribution < 1.29 is 9.59 Å². The Kier molecular flexibility index (Phi) is 1.74. The molecule has 4 rings (SSSR count). The standard InChI is InChI=1S/C14H17NO2/c1-15-13(16)11-9-6-10(12(11)14(15)17)8-5-3-2-4-7(8)9/h2-3,7-12H,4-6H2,1H3. The number of carbonyl (C=O) groups excluding carboxylic acids is 2. The average molecular weight is 231 g/mol. The third-order valence-electron chi connectivity index (χ3n) is 5.72. The lowest BCUT2D eigenvalue weighted by atomic mass is 9.65. The Morgan fingerprint density at radius 3 is 1.88 bits per heavy atom. The molecular weight excluding hydrogens is 214 g/mol. The van der Waals surface area contributed by atoms with Crippen LogP contribution in [-0.2, 0) is 9.59 Å². The second-order valence-corrected chi connectivity index (χ2v) is 6.12. The average Bonchev–Trinajstić information content (AvgIpc) is 2.97. The topological polar surface area (TPSA) is 37.4 Å². The number of carbonyl (C=O) groups is 2. The van der Waals surface area contributed by atoms with Gasteiger partial charge >= 0.3 is 0 Å². The summed E-state index contributed by atoms with van der Waals surface area (Å²) in [5.41, 5.74) is 0. The van der Waals surface area contributed by atoms with Gasteiger partial charge in [-0.25, -0.2) is 0 Å². The molecule has 0 N–H and O–H groups in total. The maximum absolute atomic E-state index is 12.1. The van der Waals surface area contributed by atoms with Crippen LogP contribution < -0.4 is 0 Å². The molecule has 3 fully saturated rings. The predicted molar refractivity (Wildman–Crippen MR) is 61.7 cm³/mol. The second-order valence-electron chi connectivity index (χ2n) is 6.12. The maximum atomic E-state index is 12.1. The van der Waals surface area contributed by atoms with Crippen molar-refractivity contribution in [1.82, 2.24) is 4.90 Å². The van der Waals surface area contributed by atoms with Crippen molar-refractivity contribution in [2.24, 2.45) is 35.5 Å². The van der Waals surface area contributed by atoms with Crippen LogP contribution in [0.1, 0.15) is 19.3 Å². The normalized spacial score (nSPS) is 51.0. The van der Waals surface area contributed by atoms with Crippen molar-refractivity contribution in [2.45, 2.75) is 19.3 Å². The Morgan fingerprint density at radius 1 is 0.941 bits per heavy atom. The van der Waals surface area contributed by atoms with Gasteiger partial charge in [0.1, 0.15) is 0 Å². The van der Waals surface area contributed by atoms with Crippen LogP contribution in [0.2, 0.25) is 0 Å². The van der Waals surface area contributed by atoms with Crippen LogP contribution in [0, 0.1) is 35.5 Å². The number of hydrogen-bond donors (Lipinski definition) is 0. The maximum Gasteiger partial charge on any atom is 0.233 e. The summed E-state index contributed by atoms with van der Waals surface area (Å²) >= 11 is 0. The number of rotatable bonds is 0. The first-order chi connectivity index (χ1) is 8.20. The highest BCUT2D eigenvalue weighted by molar-refractivity contribution is 6.05. The first-order valence-electron chi connectivity index (χ1n) is 6.66. The molecule has 3 heteroatoms. The van der Waals surface area contributed by atoms with Crippen molar-refractivity contribution >= 4 is 11.8 Å². The molecular formula is C14H17NO2. The van der Waals surface area contributed by atoms with E-state index >= 15 is 0 Å². The van der Waals surface area contributed by atoms with E-state index in [2.05, 4.69) is 12.2 Å². The van der Waals surface area contributed by atoms with Gasteiger partial charge in [0, 0.05) is 7.05 Å². The van der Waals surface area contributed by atoms with Crippen LogP contribution in [0.25, 0.3) is 0 Å². The molecule has 1 saturated heterocycles. The molecule has 3 nitrogen and oxygen atoms in total. The van der Waals surface area contributed by atoms with Crippen molar-refractivity contribution in [1.29, 1.82) is 0 Å². The molecule has 90 valence electrons. The first-order valence-corrected chi connectivity index (χ1v) is 6.66. The van der Waals surface area contributed by atoms with E-state index in [1.54, 1.807) is 7.05 Å². The van der Waals surface area contributed by atoms with E-state index in [9.17, 15) is 9.59 Å². The molecule has 17 heavy (non-hydrogen) atoms. The molecule has 2 saturated carbocycles. The smallest absolute Gasteiger partial charge is 0.233 e. The lowest BCUT2D eigenvalue weighted by molar-refractivity contribution is -0.139. The molecule has 1 heterocycles. The highest BCUT2D eigenvalue weighted by Crippen LogP contribution is 2.63. The van der Waals surface area contributed by atoms with Gasteiger partial charge in [0.25, 0.3) is 0 Å². The summed E-state index contributed by atoms with van der Waals surface area (Å²) in [4.78, 5) is 25.7. The Morgan fingerprint density at radius 2 is 1.41 bits per heavy atom. The van der Waals surface area contributed by atoms with Gasteiger partial charge in [-0.2, -0.15) is 0 Å². The summed E-state index contributed by atoms with van der Waals surface area (Å²) in [6.07, 6.45) is 7.90. The number of allylic oxidation sites excluding steroid dienone is 2. The van der Waals surface area contributed by atoms with Crippen molar-refractivity contribution in [3.8, 4) is 0 Å². The highest BCUT2D eigenvalue weighted by Gasteiger charge is 2.65. The fourth-order valence-electron chi connectivity index (χ4n) is 5.09. The van der Waals surface area contributed by atoms with Crippen molar-refractivity contribution in [3.05, 3.63) is 12.2 Å². The minimum Gasteiger partial charge on any atom is -0.285 e. The van der Waals surface area contributed by atoms with E-state index < -0.39 is 0 Å². The van der Waals surface area contributed by atoms with Gasteiger partial charge in [-0.3, -0.25) is 14.5 Å². The summed E-state index contributed by atoms with van der Waals surface area (Å²) in [6.45, 7) is 0. The summed E-state index contributed by atoms with van der Waals surface area (Å²) < 4.78 is 0. The Balaban J connectivity index is 1.76. The number of likely N-dealkylation sites (tertiary alicyclic amines) is 1. The monoisotopic (exact) mass is 231 g/mol. The van der Waals surface area contributed by atoms with E-state index in [0.29, 0.717) is 23.7 Å². The summed E-state index contributed by atoms with van der Waals surface area (Å²) in [5, 5.41) is 0.